The molecule has 0 heterocycles. The van der Waals surface area contributed by atoms with E-state index in [0.717, 1.165) is 6.07 Å². The number of aromatic carboxylic acids is 1. The van der Waals surface area contributed by atoms with Gasteiger partial charge in [-0.05, 0) is 52.3 Å². The number of halogens is 2. The minimum absolute atomic E-state index is 0.0585. The van der Waals surface area contributed by atoms with Gasteiger partial charge in [-0.15, -0.1) is 0 Å². The molecule has 0 aliphatic carbocycles. The van der Waals surface area contributed by atoms with E-state index in [0.29, 0.717) is 4.47 Å². The normalized spacial score (nSPS) is 10.2. The lowest BCUT2D eigenvalue weighted by Crippen LogP contribution is -2.15. The summed E-state index contributed by atoms with van der Waals surface area (Å²) in [6, 6.07) is 7.72. The molecule has 1 amide bonds. The van der Waals surface area contributed by atoms with E-state index >= 15 is 0 Å². The minimum atomic E-state index is -1.23. The number of rotatable bonds is 3. The molecular formula is C14H10BrFN2O3. The number of hydrogen-bond donors (Lipinski definition) is 3. The second kappa shape index (κ2) is 5.92. The van der Waals surface area contributed by atoms with Crippen molar-refractivity contribution in [1.82, 2.24) is 0 Å². The number of hydrogen-bond acceptors (Lipinski definition) is 3. The lowest BCUT2D eigenvalue weighted by Gasteiger charge is -2.10. The average Bonchev–Trinajstić information content (AvgIpc) is 2.43. The van der Waals surface area contributed by atoms with Crippen molar-refractivity contribution in [2.45, 2.75) is 0 Å². The van der Waals surface area contributed by atoms with Gasteiger partial charge in [-0.25, -0.2) is 9.18 Å². The molecular weight excluding hydrogens is 343 g/mol. The van der Waals surface area contributed by atoms with Crippen LogP contribution in [0.25, 0.3) is 0 Å². The van der Waals surface area contributed by atoms with E-state index in [9.17, 15) is 14.0 Å². The Morgan fingerprint density at radius 1 is 1.14 bits per heavy atom. The summed E-state index contributed by atoms with van der Waals surface area (Å²) in [5, 5.41) is 11.5. The van der Waals surface area contributed by atoms with Gasteiger partial charge in [0.1, 0.15) is 5.82 Å². The zero-order valence-electron chi connectivity index (χ0n) is 10.6. The largest absolute Gasteiger partial charge is 0.478 e. The van der Waals surface area contributed by atoms with Crippen LogP contribution < -0.4 is 11.1 Å². The molecule has 0 aromatic heterocycles. The van der Waals surface area contributed by atoms with E-state index in [1.54, 1.807) is 0 Å². The molecule has 0 bridgehead atoms. The monoisotopic (exact) mass is 352 g/mol. The van der Waals surface area contributed by atoms with E-state index in [-0.39, 0.29) is 22.5 Å². The van der Waals surface area contributed by atoms with Crippen molar-refractivity contribution >= 4 is 39.2 Å². The Bertz CT molecular complexity index is 734. The summed E-state index contributed by atoms with van der Waals surface area (Å²) in [5.74, 6) is -2.43. The summed E-state index contributed by atoms with van der Waals surface area (Å²) < 4.78 is 13.6. The maximum atomic E-state index is 13.2. The van der Waals surface area contributed by atoms with Crippen LogP contribution in [0.5, 0.6) is 0 Å². The van der Waals surface area contributed by atoms with Gasteiger partial charge < -0.3 is 16.2 Å². The number of nitrogens with one attached hydrogen (secondary N) is 1. The van der Waals surface area contributed by atoms with Crippen LogP contribution in [-0.2, 0) is 0 Å². The van der Waals surface area contributed by atoms with Crippen molar-refractivity contribution in [3.8, 4) is 0 Å². The number of amides is 1. The first-order valence-electron chi connectivity index (χ1n) is 5.77. The van der Waals surface area contributed by atoms with E-state index in [2.05, 4.69) is 21.2 Å². The highest BCUT2D eigenvalue weighted by Crippen LogP contribution is 2.22. The highest BCUT2D eigenvalue weighted by Gasteiger charge is 2.16. The minimum Gasteiger partial charge on any atom is -0.478 e. The van der Waals surface area contributed by atoms with Gasteiger partial charge in [-0.1, -0.05) is 0 Å². The van der Waals surface area contributed by atoms with Gasteiger partial charge in [-0.3, -0.25) is 4.79 Å². The fourth-order valence-corrected chi connectivity index (χ4v) is 2.14. The Balaban J connectivity index is 2.36. The summed E-state index contributed by atoms with van der Waals surface area (Å²) in [5.41, 5.74) is 5.78. The summed E-state index contributed by atoms with van der Waals surface area (Å²) in [6.07, 6.45) is 0. The number of carboxylic acids is 1. The third kappa shape index (κ3) is 3.38. The van der Waals surface area contributed by atoms with Crippen LogP contribution in [0.3, 0.4) is 0 Å². The van der Waals surface area contributed by atoms with Gasteiger partial charge in [0.25, 0.3) is 5.91 Å². The molecule has 2 rings (SSSR count). The number of anilines is 2. The number of carbonyl (C=O) groups is 2. The van der Waals surface area contributed by atoms with Crippen molar-refractivity contribution in [2.75, 3.05) is 11.1 Å². The molecule has 0 spiro atoms. The summed E-state index contributed by atoms with van der Waals surface area (Å²) in [6.45, 7) is 0. The topological polar surface area (TPSA) is 92.4 Å². The van der Waals surface area contributed by atoms with Gasteiger partial charge in [0.05, 0.1) is 16.8 Å². The van der Waals surface area contributed by atoms with Gasteiger partial charge >= 0.3 is 5.97 Å². The number of carboxylic acid groups (broad SMARTS) is 1. The third-order valence-electron chi connectivity index (χ3n) is 2.70. The smallest absolute Gasteiger partial charge is 0.337 e. The lowest BCUT2D eigenvalue weighted by atomic mass is 10.1. The fourth-order valence-electron chi connectivity index (χ4n) is 1.71. The Hall–Kier alpha value is -2.41. The molecule has 7 heteroatoms. The number of carbonyl (C=O) groups excluding carboxylic acids is 1. The molecule has 0 atom stereocenters. The van der Waals surface area contributed by atoms with Crippen molar-refractivity contribution in [1.29, 1.82) is 0 Å². The van der Waals surface area contributed by atoms with E-state index in [1.165, 1.54) is 30.3 Å². The highest BCUT2D eigenvalue weighted by atomic mass is 79.9. The van der Waals surface area contributed by atoms with Crippen molar-refractivity contribution in [3.05, 3.63) is 57.8 Å². The van der Waals surface area contributed by atoms with E-state index < -0.39 is 17.7 Å². The first-order chi connectivity index (χ1) is 9.88. The zero-order valence-corrected chi connectivity index (χ0v) is 12.1. The first kappa shape index (κ1) is 15.0. The number of nitrogens with two attached hydrogens (primary N) is 1. The molecule has 21 heavy (non-hydrogen) atoms. The van der Waals surface area contributed by atoms with E-state index in [1.807, 2.05) is 0 Å². The molecule has 0 saturated carbocycles. The van der Waals surface area contributed by atoms with Crippen LogP contribution in [0.2, 0.25) is 0 Å². The molecule has 108 valence electrons. The predicted molar refractivity (Wildman–Crippen MR) is 79.9 cm³/mol. The Morgan fingerprint density at radius 3 is 2.52 bits per heavy atom. The fraction of sp³-hybridized carbons (Fsp3) is 0. The Kier molecular flexibility index (Phi) is 4.23. The molecule has 0 unspecified atom stereocenters. The molecule has 5 nitrogen and oxygen atoms in total. The molecule has 2 aromatic rings. The number of nitrogen functional groups attached to an aromatic ring is 1. The van der Waals surface area contributed by atoms with Gasteiger partial charge in [-0.2, -0.15) is 0 Å². The molecule has 2 aromatic carbocycles. The molecule has 0 radical (unpaired) electrons. The molecule has 4 N–H and O–H groups in total. The summed E-state index contributed by atoms with van der Waals surface area (Å²) >= 11 is 3.14. The van der Waals surface area contributed by atoms with Gasteiger partial charge in [0.2, 0.25) is 0 Å². The first-order valence-corrected chi connectivity index (χ1v) is 6.57. The maximum Gasteiger partial charge on any atom is 0.337 e. The van der Waals surface area contributed by atoms with Crippen molar-refractivity contribution < 1.29 is 19.1 Å². The van der Waals surface area contributed by atoms with Gasteiger partial charge in [0.15, 0.2) is 0 Å². The van der Waals surface area contributed by atoms with Crippen LogP contribution >= 0.6 is 15.9 Å². The predicted octanol–water partition coefficient (Wildman–Crippen LogP) is 3.12. The highest BCUT2D eigenvalue weighted by molar-refractivity contribution is 9.10. The zero-order chi connectivity index (χ0) is 15.6. The van der Waals surface area contributed by atoms with Crippen LogP contribution in [0, 0.1) is 5.82 Å². The van der Waals surface area contributed by atoms with Gasteiger partial charge in [0, 0.05) is 10.2 Å². The molecule has 0 saturated heterocycles. The van der Waals surface area contributed by atoms with Crippen LogP contribution in [-0.4, -0.2) is 17.0 Å². The van der Waals surface area contributed by atoms with Crippen LogP contribution in [0.15, 0.2) is 40.9 Å². The van der Waals surface area contributed by atoms with Crippen molar-refractivity contribution in [2.24, 2.45) is 0 Å². The molecule has 0 aliphatic rings. The maximum absolute atomic E-state index is 13.2. The van der Waals surface area contributed by atoms with E-state index in [4.69, 9.17) is 10.8 Å². The SMILES string of the molecule is Nc1ccc(NC(=O)c2cc(F)ccc2Br)c(C(=O)O)c1. The Labute approximate surface area is 127 Å². The third-order valence-corrected chi connectivity index (χ3v) is 3.39. The van der Waals surface area contributed by atoms with Crippen molar-refractivity contribution in [3.63, 3.8) is 0 Å². The lowest BCUT2D eigenvalue weighted by molar-refractivity contribution is 0.0698. The average molecular weight is 353 g/mol. The second-order valence-corrected chi connectivity index (χ2v) is 5.04. The standard InChI is InChI=1S/C14H10BrFN2O3/c15-11-3-1-7(16)5-9(11)13(19)18-12-4-2-8(17)6-10(12)14(20)21/h1-6H,17H2,(H,18,19)(H,20,21). The number of benzene rings is 2. The summed E-state index contributed by atoms with van der Waals surface area (Å²) in [4.78, 5) is 23.3. The quantitative estimate of drug-likeness (QED) is 0.740. The second-order valence-electron chi connectivity index (χ2n) is 4.19. The molecule has 0 aliphatic heterocycles. The summed E-state index contributed by atoms with van der Waals surface area (Å²) in [7, 11) is 0. The Morgan fingerprint density at radius 2 is 1.86 bits per heavy atom. The van der Waals surface area contributed by atoms with Crippen LogP contribution in [0.4, 0.5) is 15.8 Å². The molecule has 0 fully saturated rings. The van der Waals surface area contributed by atoms with Crippen LogP contribution in [0.1, 0.15) is 20.7 Å².